The number of hydrogen-bond acceptors (Lipinski definition) is 3. The zero-order chi connectivity index (χ0) is 17.2. The molecule has 0 aromatic heterocycles. The second-order valence-electron chi connectivity index (χ2n) is 6.29. The molecule has 0 bridgehead atoms. The molecule has 0 aliphatic carbocycles. The highest BCUT2D eigenvalue weighted by Crippen LogP contribution is 2.24. The van der Waals surface area contributed by atoms with Crippen LogP contribution in [0.5, 0.6) is 5.75 Å². The highest BCUT2D eigenvalue weighted by molar-refractivity contribution is 5.77. The van der Waals surface area contributed by atoms with Crippen LogP contribution in [0.2, 0.25) is 0 Å². The minimum atomic E-state index is 0.178. The van der Waals surface area contributed by atoms with Gasteiger partial charge < -0.3 is 20.5 Å². The molecule has 0 heterocycles. The maximum atomic E-state index is 6.12. The van der Waals surface area contributed by atoms with Gasteiger partial charge in [0.15, 0.2) is 5.96 Å². The molecule has 130 valence electrons. The number of hydrogen-bond donors (Lipinski definition) is 2. The number of benzene rings is 1. The molecule has 0 amide bonds. The lowest BCUT2D eigenvalue weighted by atomic mass is 10.1. The normalized spacial score (nSPS) is 13.2. The van der Waals surface area contributed by atoms with Gasteiger partial charge in [-0.1, -0.05) is 26.0 Å². The van der Waals surface area contributed by atoms with E-state index in [1.54, 1.807) is 7.11 Å². The van der Waals surface area contributed by atoms with Crippen LogP contribution in [0, 0.1) is 12.8 Å². The molecule has 0 spiro atoms. The smallest absolute Gasteiger partial charge is 0.189 e. The van der Waals surface area contributed by atoms with Gasteiger partial charge in [0.05, 0.1) is 19.3 Å². The van der Waals surface area contributed by atoms with Crippen molar-refractivity contribution in [2.45, 2.75) is 46.8 Å². The van der Waals surface area contributed by atoms with Crippen molar-refractivity contribution >= 4 is 5.96 Å². The molecule has 0 radical (unpaired) electrons. The summed E-state index contributed by atoms with van der Waals surface area (Å²) in [6, 6.07) is 6.19. The van der Waals surface area contributed by atoms with Gasteiger partial charge in [0.1, 0.15) is 5.75 Å². The number of nitrogens with two attached hydrogens (primary N) is 1. The summed E-state index contributed by atoms with van der Waals surface area (Å²) < 4.78 is 11.1. The number of aliphatic imine (C=N–C) groups is 1. The van der Waals surface area contributed by atoms with Crippen LogP contribution in [0.3, 0.4) is 0 Å². The van der Waals surface area contributed by atoms with Crippen molar-refractivity contribution in [1.29, 1.82) is 0 Å². The summed E-state index contributed by atoms with van der Waals surface area (Å²) >= 11 is 0. The Morgan fingerprint density at radius 3 is 2.70 bits per heavy atom. The number of ether oxygens (including phenoxy) is 2. The van der Waals surface area contributed by atoms with Gasteiger partial charge in [-0.2, -0.15) is 0 Å². The minimum absolute atomic E-state index is 0.178. The van der Waals surface area contributed by atoms with Gasteiger partial charge >= 0.3 is 0 Å². The molecule has 1 aromatic rings. The zero-order valence-corrected chi connectivity index (χ0v) is 15.1. The van der Waals surface area contributed by atoms with Gasteiger partial charge in [-0.3, -0.25) is 0 Å². The molecule has 0 fully saturated rings. The summed E-state index contributed by atoms with van der Waals surface area (Å²) in [5, 5.41) is 3.01. The fourth-order valence-corrected chi connectivity index (χ4v) is 2.34. The van der Waals surface area contributed by atoms with Crippen LogP contribution in [0.1, 0.15) is 38.3 Å². The molecule has 3 N–H and O–H groups in total. The Balaban J connectivity index is 2.72. The number of nitrogens with zero attached hydrogens (tertiary/aromatic N) is 1. The average molecular weight is 321 g/mol. The van der Waals surface area contributed by atoms with E-state index in [-0.39, 0.29) is 6.10 Å². The van der Waals surface area contributed by atoms with Crippen molar-refractivity contribution in [3.8, 4) is 5.75 Å². The quantitative estimate of drug-likeness (QED) is 0.417. The van der Waals surface area contributed by atoms with Crippen molar-refractivity contribution in [3.63, 3.8) is 0 Å². The molecule has 1 atom stereocenters. The Morgan fingerprint density at radius 1 is 1.30 bits per heavy atom. The predicted octanol–water partition coefficient (Wildman–Crippen LogP) is 2.86. The topological polar surface area (TPSA) is 68.9 Å². The third-order valence-electron chi connectivity index (χ3n) is 3.39. The molecule has 23 heavy (non-hydrogen) atoms. The first-order valence-electron chi connectivity index (χ1n) is 8.21. The highest BCUT2D eigenvalue weighted by atomic mass is 16.5. The lowest BCUT2D eigenvalue weighted by Crippen LogP contribution is -2.34. The largest absolute Gasteiger partial charge is 0.490 e. The minimum Gasteiger partial charge on any atom is -0.490 e. The number of guanidine groups is 1. The van der Waals surface area contributed by atoms with E-state index in [9.17, 15) is 0 Å². The number of rotatable bonds is 9. The van der Waals surface area contributed by atoms with E-state index in [4.69, 9.17) is 15.2 Å². The van der Waals surface area contributed by atoms with Gasteiger partial charge in [0.2, 0.25) is 0 Å². The molecular weight excluding hydrogens is 290 g/mol. The summed E-state index contributed by atoms with van der Waals surface area (Å²) in [6.07, 6.45) is 1.20. The standard InChI is InChI=1S/C18H31N3O2/c1-13(2)10-15(4)23-17-11-14(3)6-7-16(17)12-21-18(19)20-8-9-22-5/h6-7,11,13,15H,8-10,12H2,1-5H3,(H3,19,20,21). The molecule has 0 saturated carbocycles. The zero-order valence-electron chi connectivity index (χ0n) is 15.1. The first-order valence-corrected chi connectivity index (χ1v) is 8.21. The molecule has 0 aliphatic heterocycles. The maximum Gasteiger partial charge on any atom is 0.189 e. The first-order chi connectivity index (χ1) is 10.9. The van der Waals surface area contributed by atoms with E-state index in [2.05, 4.69) is 56.2 Å². The lowest BCUT2D eigenvalue weighted by Gasteiger charge is -2.19. The number of methoxy groups -OCH3 is 1. The van der Waals surface area contributed by atoms with Crippen molar-refractivity contribution in [2.75, 3.05) is 20.3 Å². The van der Waals surface area contributed by atoms with Crippen LogP contribution in [-0.4, -0.2) is 32.3 Å². The Bertz CT molecular complexity index is 501. The van der Waals surface area contributed by atoms with Gasteiger partial charge in [-0.05, 0) is 37.8 Å². The fraction of sp³-hybridized carbons (Fsp3) is 0.611. The average Bonchev–Trinajstić information content (AvgIpc) is 2.45. The lowest BCUT2D eigenvalue weighted by molar-refractivity contribution is 0.191. The second kappa shape index (κ2) is 10.1. The predicted molar refractivity (Wildman–Crippen MR) is 95.9 cm³/mol. The van der Waals surface area contributed by atoms with E-state index in [1.165, 1.54) is 5.56 Å². The van der Waals surface area contributed by atoms with E-state index in [0.29, 0.717) is 31.6 Å². The monoisotopic (exact) mass is 321 g/mol. The molecule has 1 aromatic carbocycles. The van der Waals surface area contributed by atoms with E-state index in [1.807, 2.05) is 0 Å². The van der Waals surface area contributed by atoms with E-state index >= 15 is 0 Å². The van der Waals surface area contributed by atoms with E-state index in [0.717, 1.165) is 17.7 Å². The molecule has 0 aliphatic rings. The Morgan fingerprint density at radius 2 is 2.04 bits per heavy atom. The number of nitrogens with one attached hydrogen (secondary N) is 1. The van der Waals surface area contributed by atoms with Gasteiger partial charge in [0.25, 0.3) is 0 Å². The third kappa shape index (κ3) is 7.88. The van der Waals surface area contributed by atoms with Gasteiger partial charge in [-0.15, -0.1) is 0 Å². The maximum absolute atomic E-state index is 6.12. The summed E-state index contributed by atoms with van der Waals surface area (Å²) in [7, 11) is 1.66. The van der Waals surface area contributed by atoms with Crippen molar-refractivity contribution in [1.82, 2.24) is 5.32 Å². The van der Waals surface area contributed by atoms with Crippen LogP contribution in [0.15, 0.2) is 23.2 Å². The first kappa shape index (κ1) is 19.3. The van der Waals surface area contributed by atoms with E-state index < -0.39 is 0 Å². The molecular formula is C18H31N3O2. The Kier molecular flexibility index (Phi) is 8.48. The van der Waals surface area contributed by atoms with Gasteiger partial charge in [0, 0.05) is 19.2 Å². The Labute approximate surface area is 140 Å². The third-order valence-corrected chi connectivity index (χ3v) is 3.39. The summed E-state index contributed by atoms with van der Waals surface area (Å²) in [5.74, 6) is 1.92. The fourth-order valence-electron chi connectivity index (χ4n) is 2.34. The molecule has 5 heteroatoms. The summed E-state index contributed by atoms with van der Waals surface area (Å²) in [5.41, 5.74) is 8.07. The van der Waals surface area contributed by atoms with Crippen LogP contribution in [0.25, 0.3) is 0 Å². The molecule has 1 rings (SSSR count). The highest BCUT2D eigenvalue weighted by Gasteiger charge is 2.10. The van der Waals surface area contributed by atoms with Crippen LogP contribution < -0.4 is 15.8 Å². The van der Waals surface area contributed by atoms with Crippen molar-refractivity contribution in [2.24, 2.45) is 16.6 Å². The van der Waals surface area contributed by atoms with Crippen molar-refractivity contribution < 1.29 is 9.47 Å². The SMILES string of the molecule is COCCNC(N)=NCc1ccc(C)cc1OC(C)CC(C)C. The second-order valence-corrected chi connectivity index (χ2v) is 6.29. The van der Waals surface area contributed by atoms with Crippen LogP contribution in [-0.2, 0) is 11.3 Å². The molecule has 1 unspecified atom stereocenters. The van der Waals surface area contributed by atoms with Crippen molar-refractivity contribution in [3.05, 3.63) is 29.3 Å². The molecule has 0 saturated heterocycles. The summed E-state index contributed by atoms with van der Waals surface area (Å²) in [4.78, 5) is 4.37. The number of aryl methyl sites for hydroxylation is 1. The Hall–Kier alpha value is -1.75. The molecule has 5 nitrogen and oxygen atoms in total. The van der Waals surface area contributed by atoms with Gasteiger partial charge in [-0.25, -0.2) is 4.99 Å². The van der Waals surface area contributed by atoms with Crippen LogP contribution >= 0.6 is 0 Å². The van der Waals surface area contributed by atoms with Crippen LogP contribution in [0.4, 0.5) is 0 Å². The summed E-state index contributed by atoms with van der Waals surface area (Å²) in [6.45, 7) is 10.3.